The molecule has 0 aliphatic heterocycles. The molecule has 0 saturated heterocycles. The topological polar surface area (TPSA) is 70.6 Å². The molecule has 0 spiro atoms. The summed E-state index contributed by atoms with van der Waals surface area (Å²) < 4.78 is 23.3. The van der Waals surface area contributed by atoms with Crippen molar-refractivity contribution in [2.75, 3.05) is 19.3 Å². The molecule has 0 unspecified atom stereocenters. The monoisotopic (exact) mass is 311 g/mol. The van der Waals surface area contributed by atoms with Crippen LogP contribution in [0.25, 0.3) is 0 Å². The Morgan fingerprint density at radius 1 is 1.14 bits per heavy atom. The van der Waals surface area contributed by atoms with Gasteiger partial charge in [0, 0.05) is 20.1 Å². The normalized spacial score (nSPS) is 13.0. The second kappa shape index (κ2) is 7.45. The van der Waals surface area contributed by atoms with Crippen LogP contribution in [0.5, 0.6) is 0 Å². The van der Waals surface area contributed by atoms with Gasteiger partial charge in [-0.2, -0.15) is 0 Å². The van der Waals surface area contributed by atoms with Crippen molar-refractivity contribution < 1.29 is 8.42 Å². The lowest BCUT2D eigenvalue weighted by Crippen LogP contribution is -2.41. The highest BCUT2D eigenvalue weighted by molar-refractivity contribution is 7.92. The van der Waals surface area contributed by atoms with Crippen LogP contribution >= 0.6 is 0 Å². The number of hydrogen-bond acceptors (Lipinski definition) is 3. The van der Waals surface area contributed by atoms with Crippen molar-refractivity contribution in [3.8, 4) is 0 Å². The average Bonchev–Trinajstić information content (AvgIpc) is 2.42. The molecular formula is C15H25N3O2S. The fraction of sp³-hybridized carbons (Fsp3) is 0.533. The van der Waals surface area contributed by atoms with Crippen molar-refractivity contribution in [1.82, 2.24) is 10.6 Å². The fourth-order valence-corrected chi connectivity index (χ4v) is 2.60. The molecule has 21 heavy (non-hydrogen) atoms. The van der Waals surface area contributed by atoms with Crippen LogP contribution in [0.3, 0.4) is 0 Å². The molecular weight excluding hydrogens is 286 g/mol. The van der Waals surface area contributed by atoms with E-state index in [0.29, 0.717) is 19.0 Å². The van der Waals surface area contributed by atoms with Gasteiger partial charge in [0.1, 0.15) is 0 Å². The first-order valence-electron chi connectivity index (χ1n) is 6.97. The van der Waals surface area contributed by atoms with Crippen molar-refractivity contribution in [2.24, 2.45) is 4.99 Å². The van der Waals surface area contributed by atoms with E-state index in [2.05, 4.69) is 15.6 Å². The van der Waals surface area contributed by atoms with E-state index in [1.54, 1.807) is 27.8 Å². The Labute approximate surface area is 127 Å². The minimum absolute atomic E-state index is 0.0859. The van der Waals surface area contributed by atoms with E-state index < -0.39 is 14.6 Å². The van der Waals surface area contributed by atoms with E-state index in [4.69, 9.17) is 0 Å². The van der Waals surface area contributed by atoms with E-state index in [-0.39, 0.29) is 5.75 Å². The number of rotatable bonds is 5. The van der Waals surface area contributed by atoms with Gasteiger partial charge in [-0.15, -0.1) is 0 Å². The second-order valence-electron chi connectivity index (χ2n) is 5.77. The molecule has 1 aromatic rings. The minimum Gasteiger partial charge on any atom is -0.355 e. The van der Waals surface area contributed by atoms with E-state index in [1.807, 2.05) is 30.3 Å². The SMILES string of the molecule is CN=C(NCCS(=O)(=O)C(C)(C)C)NCc1ccccc1. The summed E-state index contributed by atoms with van der Waals surface area (Å²) in [5.41, 5.74) is 1.14. The summed E-state index contributed by atoms with van der Waals surface area (Å²) in [5.74, 6) is 0.686. The summed E-state index contributed by atoms with van der Waals surface area (Å²) in [6.07, 6.45) is 0. The summed E-state index contributed by atoms with van der Waals surface area (Å²) >= 11 is 0. The molecule has 5 nitrogen and oxygen atoms in total. The molecule has 0 saturated carbocycles. The van der Waals surface area contributed by atoms with Gasteiger partial charge in [0.2, 0.25) is 0 Å². The molecule has 0 aliphatic carbocycles. The Morgan fingerprint density at radius 3 is 2.29 bits per heavy atom. The van der Waals surface area contributed by atoms with Crippen LogP contribution in [-0.4, -0.2) is 38.5 Å². The van der Waals surface area contributed by atoms with Crippen LogP contribution in [0, 0.1) is 0 Å². The third kappa shape index (κ3) is 5.75. The number of aliphatic imine (C=N–C) groups is 1. The predicted octanol–water partition coefficient (Wildman–Crippen LogP) is 1.56. The molecule has 2 N–H and O–H groups in total. The maximum Gasteiger partial charge on any atom is 0.191 e. The van der Waals surface area contributed by atoms with Crippen molar-refractivity contribution >= 4 is 15.8 Å². The van der Waals surface area contributed by atoms with E-state index in [1.165, 1.54) is 0 Å². The van der Waals surface area contributed by atoms with Crippen LogP contribution in [-0.2, 0) is 16.4 Å². The minimum atomic E-state index is -3.11. The van der Waals surface area contributed by atoms with Crippen molar-refractivity contribution in [2.45, 2.75) is 32.1 Å². The fourth-order valence-electron chi connectivity index (χ4n) is 1.61. The van der Waals surface area contributed by atoms with Gasteiger partial charge in [0.25, 0.3) is 0 Å². The van der Waals surface area contributed by atoms with E-state index >= 15 is 0 Å². The standard InChI is InChI=1S/C15H25N3O2S/c1-15(2,3)21(19,20)11-10-17-14(16-4)18-12-13-8-6-5-7-9-13/h5-9H,10-12H2,1-4H3,(H2,16,17,18). The first kappa shape index (κ1) is 17.5. The Hall–Kier alpha value is -1.56. The van der Waals surface area contributed by atoms with Gasteiger partial charge in [-0.05, 0) is 26.3 Å². The molecule has 1 rings (SSSR count). The maximum atomic E-state index is 12.0. The summed E-state index contributed by atoms with van der Waals surface area (Å²) in [4.78, 5) is 4.08. The first-order valence-corrected chi connectivity index (χ1v) is 8.62. The lowest BCUT2D eigenvalue weighted by Gasteiger charge is -2.19. The van der Waals surface area contributed by atoms with E-state index in [9.17, 15) is 8.42 Å². The summed E-state index contributed by atoms with van der Waals surface area (Å²) in [6.45, 7) is 6.13. The Morgan fingerprint density at radius 2 is 1.76 bits per heavy atom. The summed E-state index contributed by atoms with van der Waals surface area (Å²) in [6, 6.07) is 9.95. The quantitative estimate of drug-likeness (QED) is 0.639. The van der Waals surface area contributed by atoms with Gasteiger partial charge in [-0.3, -0.25) is 4.99 Å². The molecule has 1 aromatic carbocycles. The van der Waals surface area contributed by atoms with Crippen molar-refractivity contribution in [3.63, 3.8) is 0 Å². The average molecular weight is 311 g/mol. The van der Waals surface area contributed by atoms with Gasteiger partial charge < -0.3 is 10.6 Å². The molecule has 0 atom stereocenters. The van der Waals surface area contributed by atoms with Gasteiger partial charge >= 0.3 is 0 Å². The number of nitrogens with zero attached hydrogens (tertiary/aromatic N) is 1. The number of hydrogen-bond donors (Lipinski definition) is 2. The highest BCUT2D eigenvalue weighted by Gasteiger charge is 2.28. The summed E-state index contributed by atoms with van der Waals surface area (Å²) in [5, 5.41) is 6.18. The third-order valence-corrected chi connectivity index (χ3v) is 5.73. The zero-order chi connectivity index (χ0) is 15.9. The molecule has 0 amide bonds. The molecule has 0 heterocycles. The zero-order valence-corrected chi connectivity index (χ0v) is 14.0. The second-order valence-corrected chi connectivity index (χ2v) is 8.63. The van der Waals surface area contributed by atoms with Crippen LogP contribution in [0.4, 0.5) is 0 Å². The Balaban J connectivity index is 2.43. The summed E-state index contributed by atoms with van der Waals surface area (Å²) in [7, 11) is -1.45. The molecule has 0 fully saturated rings. The molecule has 6 heteroatoms. The predicted molar refractivity (Wildman–Crippen MR) is 88.2 cm³/mol. The lowest BCUT2D eigenvalue weighted by molar-refractivity contribution is 0.559. The molecule has 0 aromatic heterocycles. The Bertz CT molecular complexity index is 560. The van der Waals surface area contributed by atoms with Crippen LogP contribution in [0.2, 0.25) is 0 Å². The van der Waals surface area contributed by atoms with Crippen LogP contribution < -0.4 is 10.6 Å². The highest BCUT2D eigenvalue weighted by Crippen LogP contribution is 2.15. The van der Waals surface area contributed by atoms with Crippen LogP contribution in [0.1, 0.15) is 26.3 Å². The number of nitrogens with one attached hydrogen (secondary N) is 2. The van der Waals surface area contributed by atoms with Gasteiger partial charge in [0.15, 0.2) is 15.8 Å². The molecule has 118 valence electrons. The van der Waals surface area contributed by atoms with Gasteiger partial charge in [0.05, 0.1) is 10.5 Å². The smallest absolute Gasteiger partial charge is 0.191 e. The maximum absolute atomic E-state index is 12.0. The van der Waals surface area contributed by atoms with Crippen molar-refractivity contribution in [3.05, 3.63) is 35.9 Å². The zero-order valence-electron chi connectivity index (χ0n) is 13.2. The van der Waals surface area contributed by atoms with Gasteiger partial charge in [-0.25, -0.2) is 8.42 Å². The van der Waals surface area contributed by atoms with Crippen LogP contribution in [0.15, 0.2) is 35.3 Å². The van der Waals surface area contributed by atoms with Gasteiger partial charge in [-0.1, -0.05) is 30.3 Å². The lowest BCUT2D eigenvalue weighted by atomic mass is 10.2. The third-order valence-electron chi connectivity index (χ3n) is 3.12. The largest absolute Gasteiger partial charge is 0.355 e. The first-order chi connectivity index (χ1) is 9.76. The molecule has 0 bridgehead atoms. The Kier molecular flexibility index (Phi) is 6.20. The van der Waals surface area contributed by atoms with E-state index in [0.717, 1.165) is 5.56 Å². The number of guanidine groups is 1. The molecule has 0 radical (unpaired) electrons. The molecule has 0 aliphatic rings. The number of benzene rings is 1. The highest BCUT2D eigenvalue weighted by atomic mass is 32.2. The van der Waals surface area contributed by atoms with Crippen molar-refractivity contribution in [1.29, 1.82) is 0 Å². The number of sulfone groups is 1.